The lowest BCUT2D eigenvalue weighted by Gasteiger charge is -2.33. The van der Waals surface area contributed by atoms with Gasteiger partial charge in [0.05, 0.1) is 12.3 Å². The Kier molecular flexibility index (Phi) is 5.79. The van der Waals surface area contributed by atoms with E-state index in [4.69, 9.17) is 9.94 Å². The lowest BCUT2D eigenvalue weighted by atomic mass is 9.93. The molecule has 2 aliphatic heterocycles. The van der Waals surface area contributed by atoms with Crippen molar-refractivity contribution >= 4 is 11.6 Å². The first-order valence-corrected chi connectivity index (χ1v) is 7.53. The Bertz CT molecular complexity index is 354. The van der Waals surface area contributed by atoms with Crippen LogP contribution in [-0.4, -0.2) is 60.6 Å². The maximum absolute atomic E-state index is 12.1. The van der Waals surface area contributed by atoms with Crippen molar-refractivity contribution in [3.05, 3.63) is 0 Å². The predicted molar refractivity (Wildman–Crippen MR) is 76.0 cm³/mol. The molecule has 0 aromatic heterocycles. The van der Waals surface area contributed by atoms with Crippen LogP contribution >= 0.6 is 0 Å². The van der Waals surface area contributed by atoms with Gasteiger partial charge in [0, 0.05) is 44.7 Å². The molecule has 2 aliphatic rings. The van der Waals surface area contributed by atoms with Crippen molar-refractivity contribution in [3.8, 4) is 0 Å². The molecule has 1 amide bonds. The van der Waals surface area contributed by atoms with Crippen LogP contribution in [0.2, 0.25) is 0 Å². The van der Waals surface area contributed by atoms with Crippen LogP contribution in [0.25, 0.3) is 0 Å². The van der Waals surface area contributed by atoms with Crippen LogP contribution in [0.5, 0.6) is 0 Å². The van der Waals surface area contributed by atoms with Crippen LogP contribution < -0.4 is 5.32 Å². The number of oxime groups is 1. The van der Waals surface area contributed by atoms with Crippen molar-refractivity contribution in [2.45, 2.75) is 38.6 Å². The molecule has 0 bridgehead atoms. The molecule has 0 spiro atoms. The summed E-state index contributed by atoms with van der Waals surface area (Å²) in [6.07, 6.45) is 3.51. The first-order chi connectivity index (χ1) is 9.72. The topological polar surface area (TPSA) is 74.2 Å². The second kappa shape index (κ2) is 7.59. The van der Waals surface area contributed by atoms with E-state index in [2.05, 4.69) is 22.3 Å². The SMILES string of the molecule is CCC1CN(CC(=O)NC2CCOCC2)CCC1=NO. The normalized spacial score (nSPS) is 27.6. The van der Waals surface area contributed by atoms with Gasteiger partial charge < -0.3 is 15.3 Å². The average Bonchev–Trinajstić information content (AvgIpc) is 2.48. The molecule has 0 radical (unpaired) electrons. The van der Waals surface area contributed by atoms with Gasteiger partial charge in [0.25, 0.3) is 0 Å². The molecule has 2 fully saturated rings. The maximum atomic E-state index is 12.1. The quantitative estimate of drug-likeness (QED) is 0.592. The zero-order chi connectivity index (χ0) is 14.4. The first-order valence-electron chi connectivity index (χ1n) is 7.53. The molecule has 2 rings (SSSR count). The summed E-state index contributed by atoms with van der Waals surface area (Å²) in [6, 6.07) is 0.262. The molecule has 2 heterocycles. The van der Waals surface area contributed by atoms with E-state index in [1.165, 1.54) is 0 Å². The molecule has 2 saturated heterocycles. The number of nitrogens with one attached hydrogen (secondary N) is 1. The van der Waals surface area contributed by atoms with Crippen LogP contribution in [0.3, 0.4) is 0 Å². The monoisotopic (exact) mass is 283 g/mol. The third-order valence-corrected chi connectivity index (χ3v) is 4.21. The summed E-state index contributed by atoms with van der Waals surface area (Å²) in [4.78, 5) is 14.2. The number of rotatable bonds is 4. The summed E-state index contributed by atoms with van der Waals surface area (Å²) in [6.45, 7) is 5.59. The summed E-state index contributed by atoms with van der Waals surface area (Å²) >= 11 is 0. The summed E-state index contributed by atoms with van der Waals surface area (Å²) < 4.78 is 5.29. The van der Waals surface area contributed by atoms with Crippen LogP contribution in [-0.2, 0) is 9.53 Å². The van der Waals surface area contributed by atoms with Gasteiger partial charge in [0.1, 0.15) is 0 Å². The molecule has 0 aliphatic carbocycles. The minimum atomic E-state index is 0.0936. The first kappa shape index (κ1) is 15.3. The molecule has 0 saturated carbocycles. The summed E-state index contributed by atoms with van der Waals surface area (Å²) in [5.41, 5.74) is 0.869. The van der Waals surface area contributed by atoms with Gasteiger partial charge >= 0.3 is 0 Å². The Balaban J connectivity index is 1.76. The van der Waals surface area contributed by atoms with Gasteiger partial charge in [-0.1, -0.05) is 12.1 Å². The molecule has 1 unspecified atom stereocenters. The van der Waals surface area contributed by atoms with Gasteiger partial charge in [-0.15, -0.1) is 0 Å². The number of piperidine rings is 1. The molecular formula is C14H25N3O3. The second-order valence-electron chi connectivity index (χ2n) is 5.64. The fourth-order valence-corrected chi connectivity index (χ4v) is 2.94. The fraction of sp³-hybridized carbons (Fsp3) is 0.857. The van der Waals surface area contributed by atoms with Gasteiger partial charge in [-0.25, -0.2) is 0 Å². The third-order valence-electron chi connectivity index (χ3n) is 4.21. The fourth-order valence-electron chi connectivity index (χ4n) is 2.94. The van der Waals surface area contributed by atoms with E-state index in [0.717, 1.165) is 57.7 Å². The van der Waals surface area contributed by atoms with Gasteiger partial charge in [-0.3, -0.25) is 9.69 Å². The third kappa shape index (κ3) is 4.18. The summed E-state index contributed by atoms with van der Waals surface area (Å²) in [7, 11) is 0. The number of nitrogens with zero attached hydrogens (tertiary/aromatic N) is 2. The largest absolute Gasteiger partial charge is 0.411 e. The number of likely N-dealkylation sites (tertiary alicyclic amines) is 1. The highest BCUT2D eigenvalue weighted by molar-refractivity contribution is 5.87. The Labute approximate surface area is 120 Å². The van der Waals surface area contributed by atoms with Crippen molar-refractivity contribution in [2.75, 3.05) is 32.8 Å². The van der Waals surface area contributed by atoms with E-state index >= 15 is 0 Å². The summed E-state index contributed by atoms with van der Waals surface area (Å²) in [5.74, 6) is 0.362. The van der Waals surface area contributed by atoms with Crippen LogP contribution in [0, 0.1) is 5.92 Å². The van der Waals surface area contributed by atoms with Gasteiger partial charge in [0.2, 0.25) is 5.91 Å². The van der Waals surface area contributed by atoms with E-state index < -0.39 is 0 Å². The van der Waals surface area contributed by atoms with Gasteiger partial charge in [-0.2, -0.15) is 0 Å². The van der Waals surface area contributed by atoms with E-state index in [1.807, 2.05) is 0 Å². The molecule has 114 valence electrons. The van der Waals surface area contributed by atoms with E-state index in [-0.39, 0.29) is 17.9 Å². The molecule has 1 atom stereocenters. The van der Waals surface area contributed by atoms with Crippen molar-refractivity contribution in [2.24, 2.45) is 11.1 Å². The maximum Gasteiger partial charge on any atom is 0.234 e. The van der Waals surface area contributed by atoms with Crippen molar-refractivity contribution in [1.29, 1.82) is 0 Å². The van der Waals surface area contributed by atoms with Crippen molar-refractivity contribution in [3.63, 3.8) is 0 Å². The molecule has 0 aromatic carbocycles. The smallest absolute Gasteiger partial charge is 0.234 e. The molecular weight excluding hydrogens is 258 g/mol. The summed E-state index contributed by atoms with van der Waals surface area (Å²) in [5, 5.41) is 15.4. The molecule has 2 N–H and O–H groups in total. The predicted octanol–water partition coefficient (Wildman–Crippen LogP) is 0.844. The number of carbonyl (C=O) groups is 1. The Hall–Kier alpha value is -1.14. The Morgan fingerprint density at radius 1 is 1.50 bits per heavy atom. The standard InChI is InChI=1S/C14H25N3O3/c1-2-11-9-17(6-3-13(11)16-19)10-14(18)15-12-4-7-20-8-5-12/h11-12,19H,2-10H2,1H3,(H,15,18). The van der Waals surface area contributed by atoms with Gasteiger partial charge in [-0.05, 0) is 19.3 Å². The number of amides is 1. The minimum Gasteiger partial charge on any atom is -0.411 e. The zero-order valence-electron chi connectivity index (χ0n) is 12.2. The van der Waals surface area contributed by atoms with Crippen LogP contribution in [0.1, 0.15) is 32.6 Å². The lowest BCUT2D eigenvalue weighted by molar-refractivity contribution is -0.123. The highest BCUT2D eigenvalue weighted by atomic mass is 16.5. The Morgan fingerprint density at radius 2 is 2.25 bits per heavy atom. The van der Waals surface area contributed by atoms with E-state index in [0.29, 0.717) is 6.54 Å². The molecule has 20 heavy (non-hydrogen) atoms. The number of hydrogen-bond donors (Lipinski definition) is 2. The zero-order valence-corrected chi connectivity index (χ0v) is 12.2. The molecule has 0 aromatic rings. The Morgan fingerprint density at radius 3 is 2.90 bits per heavy atom. The highest BCUT2D eigenvalue weighted by Crippen LogP contribution is 2.17. The highest BCUT2D eigenvalue weighted by Gasteiger charge is 2.26. The lowest BCUT2D eigenvalue weighted by Crippen LogP contribution is -2.48. The second-order valence-corrected chi connectivity index (χ2v) is 5.64. The van der Waals surface area contributed by atoms with Crippen molar-refractivity contribution < 1.29 is 14.7 Å². The van der Waals surface area contributed by atoms with Crippen LogP contribution in [0.15, 0.2) is 5.16 Å². The average molecular weight is 283 g/mol. The number of ether oxygens (including phenoxy) is 1. The molecule has 6 heteroatoms. The van der Waals surface area contributed by atoms with Crippen molar-refractivity contribution in [1.82, 2.24) is 10.2 Å². The van der Waals surface area contributed by atoms with Gasteiger partial charge in [0.15, 0.2) is 0 Å². The van der Waals surface area contributed by atoms with E-state index in [1.54, 1.807) is 0 Å². The minimum absolute atomic E-state index is 0.0936. The van der Waals surface area contributed by atoms with E-state index in [9.17, 15) is 4.79 Å². The number of carbonyl (C=O) groups excluding carboxylic acids is 1. The van der Waals surface area contributed by atoms with Crippen LogP contribution in [0.4, 0.5) is 0 Å². The number of hydrogen-bond acceptors (Lipinski definition) is 5. The molecule has 6 nitrogen and oxygen atoms in total.